The SMILES string of the molecule is CC(C)(C)C(=O)ON1CCC(Nc2ncnc3ccc(Br)cc23)CC1. The summed E-state index contributed by atoms with van der Waals surface area (Å²) in [6, 6.07) is 6.27. The summed E-state index contributed by atoms with van der Waals surface area (Å²) in [6.07, 6.45) is 3.35. The third-order valence-corrected chi connectivity index (χ3v) is 4.71. The number of anilines is 1. The number of rotatable bonds is 3. The van der Waals surface area contributed by atoms with Crippen LogP contribution in [0.5, 0.6) is 0 Å². The fraction of sp³-hybridized carbons (Fsp3) is 0.500. The van der Waals surface area contributed by atoms with Gasteiger partial charge in [-0.3, -0.25) is 0 Å². The molecule has 6 nitrogen and oxygen atoms in total. The lowest BCUT2D eigenvalue weighted by Crippen LogP contribution is -2.42. The van der Waals surface area contributed by atoms with Gasteiger partial charge in [-0.05, 0) is 51.8 Å². The van der Waals surface area contributed by atoms with Crippen LogP contribution in [0.4, 0.5) is 5.82 Å². The Hall–Kier alpha value is -1.73. The number of nitrogens with zero attached hydrogens (tertiary/aromatic N) is 3. The Bertz CT molecular complexity index is 767. The lowest BCUT2D eigenvalue weighted by Gasteiger charge is -2.32. The number of benzene rings is 1. The van der Waals surface area contributed by atoms with E-state index in [1.54, 1.807) is 11.4 Å². The standard InChI is InChI=1S/C18H23BrN4O2/c1-18(2,3)17(24)25-23-8-6-13(7-9-23)22-16-14-10-12(19)4-5-15(14)20-11-21-16/h4-5,10-11,13H,6-9H2,1-3H3,(H,20,21,22). The molecule has 0 unspecified atom stereocenters. The van der Waals surface area contributed by atoms with Crippen LogP contribution in [0, 0.1) is 5.41 Å². The average molecular weight is 407 g/mol. The lowest BCUT2D eigenvalue weighted by atomic mass is 9.98. The first-order valence-electron chi connectivity index (χ1n) is 8.47. The van der Waals surface area contributed by atoms with Crippen molar-refractivity contribution >= 4 is 38.6 Å². The van der Waals surface area contributed by atoms with Gasteiger partial charge in [-0.15, -0.1) is 5.06 Å². The number of hydroxylamine groups is 2. The van der Waals surface area contributed by atoms with Crippen LogP contribution in [-0.4, -0.2) is 40.1 Å². The third kappa shape index (κ3) is 4.46. The largest absolute Gasteiger partial charge is 0.367 e. The highest BCUT2D eigenvalue weighted by molar-refractivity contribution is 9.10. The predicted molar refractivity (Wildman–Crippen MR) is 101 cm³/mol. The summed E-state index contributed by atoms with van der Waals surface area (Å²) in [5.41, 5.74) is 0.430. The highest BCUT2D eigenvalue weighted by Gasteiger charge is 2.28. The minimum atomic E-state index is -0.484. The number of piperidine rings is 1. The summed E-state index contributed by atoms with van der Waals surface area (Å²) in [6.45, 7) is 7.02. The van der Waals surface area contributed by atoms with Crippen LogP contribution < -0.4 is 5.32 Å². The highest BCUT2D eigenvalue weighted by atomic mass is 79.9. The van der Waals surface area contributed by atoms with Gasteiger partial charge in [0.2, 0.25) is 0 Å². The summed E-state index contributed by atoms with van der Waals surface area (Å²) >= 11 is 3.50. The van der Waals surface area contributed by atoms with Gasteiger partial charge in [0.25, 0.3) is 0 Å². The van der Waals surface area contributed by atoms with E-state index in [-0.39, 0.29) is 5.97 Å². The van der Waals surface area contributed by atoms with Crippen molar-refractivity contribution in [1.82, 2.24) is 15.0 Å². The first-order valence-corrected chi connectivity index (χ1v) is 9.26. The van der Waals surface area contributed by atoms with E-state index in [9.17, 15) is 4.79 Å². The molecule has 1 aliphatic heterocycles. The second-order valence-corrected chi connectivity index (χ2v) is 8.28. The number of hydrogen-bond acceptors (Lipinski definition) is 6. The van der Waals surface area contributed by atoms with Crippen LogP contribution in [0.15, 0.2) is 29.0 Å². The van der Waals surface area contributed by atoms with E-state index < -0.39 is 5.41 Å². The lowest BCUT2D eigenvalue weighted by molar-refractivity contribution is -0.204. The van der Waals surface area contributed by atoms with Gasteiger partial charge in [-0.1, -0.05) is 15.9 Å². The molecule has 1 fully saturated rings. The quantitative estimate of drug-likeness (QED) is 0.836. The van der Waals surface area contributed by atoms with Crippen LogP contribution in [0.25, 0.3) is 10.9 Å². The molecule has 0 spiro atoms. The fourth-order valence-corrected chi connectivity index (χ4v) is 3.04. The normalized spacial score (nSPS) is 16.8. The van der Waals surface area contributed by atoms with Crippen molar-refractivity contribution in [2.75, 3.05) is 18.4 Å². The van der Waals surface area contributed by atoms with Gasteiger partial charge in [-0.25, -0.2) is 14.8 Å². The molecule has 0 radical (unpaired) electrons. The molecule has 0 saturated carbocycles. The Morgan fingerprint density at radius 1 is 1.28 bits per heavy atom. The van der Waals surface area contributed by atoms with Crippen molar-refractivity contribution < 1.29 is 9.63 Å². The number of halogens is 1. The van der Waals surface area contributed by atoms with Gasteiger partial charge in [-0.2, -0.15) is 0 Å². The van der Waals surface area contributed by atoms with Crippen LogP contribution >= 0.6 is 15.9 Å². The van der Waals surface area contributed by atoms with E-state index in [4.69, 9.17) is 4.84 Å². The molecule has 7 heteroatoms. The molecular formula is C18H23BrN4O2. The second-order valence-electron chi connectivity index (χ2n) is 7.36. The Labute approximate surface area is 156 Å². The smallest absolute Gasteiger partial charge is 0.330 e. The maximum atomic E-state index is 12.0. The third-order valence-electron chi connectivity index (χ3n) is 4.22. The molecule has 1 saturated heterocycles. The molecule has 1 aromatic carbocycles. The minimum absolute atomic E-state index is 0.189. The van der Waals surface area contributed by atoms with Crippen LogP contribution in [0.1, 0.15) is 33.6 Å². The number of hydrogen-bond donors (Lipinski definition) is 1. The van der Waals surface area contributed by atoms with Crippen LogP contribution in [0.2, 0.25) is 0 Å². The average Bonchev–Trinajstić information content (AvgIpc) is 2.56. The van der Waals surface area contributed by atoms with E-state index in [0.29, 0.717) is 19.1 Å². The fourth-order valence-electron chi connectivity index (χ4n) is 2.68. The predicted octanol–water partition coefficient (Wildman–Crippen LogP) is 3.77. The monoisotopic (exact) mass is 406 g/mol. The molecule has 2 aromatic rings. The van der Waals surface area contributed by atoms with Gasteiger partial charge in [0.05, 0.1) is 10.9 Å². The zero-order valence-corrected chi connectivity index (χ0v) is 16.3. The van der Waals surface area contributed by atoms with Crippen molar-refractivity contribution in [3.63, 3.8) is 0 Å². The zero-order valence-electron chi connectivity index (χ0n) is 14.8. The Morgan fingerprint density at radius 3 is 2.68 bits per heavy atom. The summed E-state index contributed by atoms with van der Waals surface area (Å²) < 4.78 is 1.00. The van der Waals surface area contributed by atoms with Crippen molar-refractivity contribution in [2.24, 2.45) is 5.41 Å². The molecule has 0 atom stereocenters. The van der Waals surface area contributed by atoms with Crippen LogP contribution in [-0.2, 0) is 9.63 Å². The van der Waals surface area contributed by atoms with Gasteiger partial charge in [0.1, 0.15) is 12.1 Å². The highest BCUT2D eigenvalue weighted by Crippen LogP contribution is 2.26. The summed E-state index contributed by atoms with van der Waals surface area (Å²) in [4.78, 5) is 26.2. The summed E-state index contributed by atoms with van der Waals surface area (Å²) in [7, 11) is 0. The van der Waals surface area contributed by atoms with Crippen molar-refractivity contribution in [3.05, 3.63) is 29.0 Å². The van der Waals surface area contributed by atoms with Gasteiger partial charge < -0.3 is 10.2 Å². The summed E-state index contributed by atoms with van der Waals surface area (Å²) in [5, 5.41) is 6.28. The maximum absolute atomic E-state index is 12.0. The minimum Gasteiger partial charge on any atom is -0.367 e. The van der Waals surface area contributed by atoms with Crippen LogP contribution in [0.3, 0.4) is 0 Å². The molecule has 1 aliphatic rings. The molecule has 0 amide bonds. The van der Waals surface area contributed by atoms with Gasteiger partial charge >= 0.3 is 5.97 Å². The Morgan fingerprint density at radius 2 is 2.00 bits per heavy atom. The van der Waals surface area contributed by atoms with E-state index in [2.05, 4.69) is 31.2 Å². The molecule has 0 aliphatic carbocycles. The second kappa shape index (κ2) is 7.25. The Kier molecular flexibility index (Phi) is 5.24. The molecule has 0 bridgehead atoms. The first kappa shape index (κ1) is 18.1. The molecule has 25 heavy (non-hydrogen) atoms. The van der Waals surface area contributed by atoms with E-state index in [0.717, 1.165) is 34.0 Å². The molecule has 3 rings (SSSR count). The number of fused-ring (bicyclic) bond motifs is 1. The summed E-state index contributed by atoms with van der Waals surface area (Å²) in [5.74, 6) is 0.655. The number of aromatic nitrogens is 2. The molecule has 2 heterocycles. The van der Waals surface area contributed by atoms with E-state index >= 15 is 0 Å². The van der Waals surface area contributed by atoms with E-state index in [1.165, 1.54) is 0 Å². The number of nitrogens with one attached hydrogen (secondary N) is 1. The van der Waals surface area contributed by atoms with Crippen molar-refractivity contribution in [1.29, 1.82) is 0 Å². The first-order chi connectivity index (χ1) is 11.8. The topological polar surface area (TPSA) is 67.3 Å². The molecule has 134 valence electrons. The van der Waals surface area contributed by atoms with Crippen molar-refractivity contribution in [3.8, 4) is 0 Å². The number of carbonyl (C=O) groups is 1. The van der Waals surface area contributed by atoms with Crippen molar-refractivity contribution in [2.45, 2.75) is 39.7 Å². The number of carbonyl (C=O) groups excluding carboxylic acids is 1. The zero-order chi connectivity index (χ0) is 18.0. The molecular weight excluding hydrogens is 384 g/mol. The molecule has 1 N–H and O–H groups in total. The van der Waals surface area contributed by atoms with Gasteiger partial charge in [0, 0.05) is 29.0 Å². The Balaban J connectivity index is 1.61. The van der Waals surface area contributed by atoms with Gasteiger partial charge in [0.15, 0.2) is 0 Å². The van der Waals surface area contributed by atoms with E-state index in [1.807, 2.05) is 39.0 Å². The maximum Gasteiger partial charge on any atom is 0.330 e. The molecule has 1 aromatic heterocycles.